The number of aromatic hydroxyl groups is 1. The number of aromatic carboxylic acids is 1. The van der Waals surface area contributed by atoms with E-state index in [1.807, 2.05) is 222 Å². The van der Waals surface area contributed by atoms with Gasteiger partial charge in [-0.1, -0.05) is 135 Å². The van der Waals surface area contributed by atoms with Crippen molar-refractivity contribution in [1.82, 2.24) is 68.3 Å². The molecule has 0 unspecified atom stereocenters. The van der Waals surface area contributed by atoms with Crippen molar-refractivity contribution in [3.8, 4) is 74.8 Å². The van der Waals surface area contributed by atoms with Gasteiger partial charge in [0.05, 0.1) is 5.82 Å². The maximum atomic E-state index is 10.1. The average Bonchev–Trinajstić information content (AvgIpc) is 1.67. The third-order valence-corrected chi connectivity index (χ3v) is 13.1. The van der Waals surface area contributed by atoms with Gasteiger partial charge in [-0.15, -0.1) is 73.1 Å². The molecule has 0 saturated heterocycles. The van der Waals surface area contributed by atoms with Gasteiger partial charge in [-0.25, -0.2) is 20.0 Å². The summed E-state index contributed by atoms with van der Waals surface area (Å²) in [6, 6.07) is 82.6. The first-order valence-corrected chi connectivity index (χ1v) is 31.4. The molecule has 2 N–H and O–H groups in total. The number of phenols is 1. The Balaban J connectivity index is 0.000000418. The molecule has 17 rings (SSSR count). The fourth-order valence-corrected chi connectivity index (χ4v) is 8.40. The summed E-state index contributed by atoms with van der Waals surface area (Å²) in [6.45, 7) is 3.78. The van der Waals surface area contributed by atoms with Crippen LogP contribution < -0.4 is 0 Å². The van der Waals surface area contributed by atoms with E-state index in [0.29, 0.717) is 23.0 Å². The van der Waals surface area contributed by atoms with Crippen LogP contribution in [0, 0.1) is 56.8 Å². The van der Waals surface area contributed by atoms with E-state index in [1.165, 1.54) is 12.3 Å². The van der Waals surface area contributed by atoms with Crippen molar-refractivity contribution in [3.05, 3.63) is 383 Å². The number of benzene rings is 2. The maximum Gasteiger partial charge on any atom is 1.00 e. The van der Waals surface area contributed by atoms with Crippen molar-refractivity contribution in [2.45, 2.75) is 13.8 Å². The summed E-state index contributed by atoms with van der Waals surface area (Å²) in [6.07, 6.45) is 34.5. The molecule has 0 bridgehead atoms. The molecule has 0 aliphatic rings. The van der Waals surface area contributed by atoms with Gasteiger partial charge < -0.3 is 71.1 Å². The van der Waals surface area contributed by atoms with E-state index in [0.717, 1.165) is 63.1 Å². The van der Waals surface area contributed by atoms with Crippen molar-refractivity contribution < 1.29 is 173 Å². The molecule has 0 fully saturated rings. The standard InChI is InChI=1S/C13H10N3.2C10H8NO.C9H7N2.2C9H6NO.C8H9NO.C7H5N4.C6H5NO2.4Ir.Os.Pd.Rh/c1-2-6-12(7-3-1)16-11-8-14-13(16)15-9-4-5-10-15;2*1-8-5-6-10(12-8)9-4-2-3-7-11-9;1-2-6-10-9(5-1)11-7-3-4-8-11;2*1-2-6-10-8(4-1)9-5-3-7-11-9;1-9-6-7-4-2-3-5-8(7)10;1-2-4-8-7(3-1)11-5-9-10-6-11;8-6(9)5-3-1-2-4-7-5;;;;;;;/h1-9,11H;2*2-5,7H,1H3;1-7H;2*1-4,6-7H;2-6,10H,1H3;1-5H;1-4H,(H,8,9);;;;;;;/q6*-1;;-1;;;;;;+1;;. The topological polar surface area (TPSA) is 271 Å². The summed E-state index contributed by atoms with van der Waals surface area (Å²) >= 11 is 0. The molecule has 110 heavy (non-hydrogen) atoms. The van der Waals surface area contributed by atoms with Gasteiger partial charge in [0.2, 0.25) is 0 Å². The van der Waals surface area contributed by atoms with Crippen LogP contribution in [0.3, 0.4) is 0 Å². The summed E-state index contributed by atoms with van der Waals surface area (Å²) in [7, 11) is 1.67. The van der Waals surface area contributed by atoms with Crippen LogP contribution in [-0.4, -0.2) is 97.8 Å². The van der Waals surface area contributed by atoms with Crippen LogP contribution in [-0.2, 0) is 140 Å². The fraction of sp³-hybridized carbons (Fsp3) is 0.0370. The van der Waals surface area contributed by atoms with E-state index in [-0.39, 0.29) is 152 Å². The number of carboxylic acids is 1. The molecule has 15 heterocycles. The smallest absolute Gasteiger partial charge is 0.545 e. The van der Waals surface area contributed by atoms with Crippen molar-refractivity contribution >= 4 is 12.2 Å². The average molecular weight is 2530 g/mol. The van der Waals surface area contributed by atoms with Crippen molar-refractivity contribution in [2.75, 3.05) is 7.05 Å². The zero-order valence-electron chi connectivity index (χ0n) is 58.1. The second-order valence-corrected chi connectivity index (χ2v) is 20.4. The van der Waals surface area contributed by atoms with E-state index in [1.54, 1.807) is 116 Å². The Bertz CT molecular complexity index is 4710. The van der Waals surface area contributed by atoms with E-state index < -0.39 is 5.97 Å². The molecule has 22 nitrogen and oxygen atoms in total. The molecule has 29 heteroatoms. The van der Waals surface area contributed by atoms with E-state index in [2.05, 4.69) is 110 Å². The normalized spacial score (nSPS) is 9.34. The SMILES string of the molecule is CN=Cc1ccccc1O.Cc1c[c-]c(-c2ccccn2)o1.Cc1c[c-]c(-c2ccccn2)o1.O=C(O)c1ccccn1.[Ir].[Ir].[Ir].[Ir].[Os+].[Pd].[Rh].[c-]1cccn1-c1ccccn1.[c-]1cccn1-c1nccn1-c1ccccc1.[c-]1ccoc1-c1ccccn1.[c-]1ccoc1-c1ccccn1.[c-]1nncn1-c1ccccn1. The number of aryl methyl sites for hydroxylation is 2. The van der Waals surface area contributed by atoms with Crippen molar-refractivity contribution in [2.24, 2.45) is 4.99 Å². The first-order chi connectivity index (χ1) is 50.7. The quantitative estimate of drug-likeness (QED) is 0.0731. The van der Waals surface area contributed by atoms with Gasteiger partial charge in [0.15, 0.2) is 0 Å². The minimum absolute atomic E-state index is 0. The molecular formula is C81H64Ir4N15O7OsPdRh-6. The molecule has 574 valence electrons. The van der Waals surface area contributed by atoms with Crippen LogP contribution in [0.15, 0.2) is 340 Å². The first-order valence-electron chi connectivity index (χ1n) is 31.4. The van der Waals surface area contributed by atoms with Gasteiger partial charge in [-0.2, -0.15) is 12.1 Å². The van der Waals surface area contributed by atoms with Crippen LogP contribution in [0.1, 0.15) is 27.6 Å². The van der Waals surface area contributed by atoms with Crippen LogP contribution in [0.25, 0.3) is 69.1 Å². The second-order valence-electron chi connectivity index (χ2n) is 20.4. The molecule has 0 aliphatic heterocycles. The largest absolute Gasteiger partial charge is 1.00 e. The van der Waals surface area contributed by atoms with Gasteiger partial charge in [0.1, 0.15) is 17.4 Å². The number of phenolic OH excluding ortho intramolecular Hbond substituents is 1. The van der Waals surface area contributed by atoms with Gasteiger partial charge in [0, 0.05) is 265 Å². The zero-order chi connectivity index (χ0) is 71.7. The number of carboxylic acid groups (broad SMARTS) is 1. The van der Waals surface area contributed by atoms with Gasteiger partial charge in [0.25, 0.3) is 0 Å². The number of hydrogen-bond acceptors (Lipinski definition) is 17. The molecule has 2 aromatic carbocycles. The Hall–Kier alpha value is -10.0. The molecule has 17 aromatic rings. The van der Waals surface area contributed by atoms with Crippen LogP contribution in [0.4, 0.5) is 0 Å². The van der Waals surface area contributed by atoms with E-state index in [9.17, 15) is 4.79 Å². The monoisotopic (exact) mass is 2530 g/mol. The number of pyridine rings is 7. The number of aliphatic imine (C=N–C) groups is 1. The minimum atomic E-state index is -0.990. The molecule has 0 amide bonds. The van der Waals surface area contributed by atoms with Crippen LogP contribution in [0.5, 0.6) is 5.75 Å². The van der Waals surface area contributed by atoms with Crippen LogP contribution in [0.2, 0.25) is 0 Å². The Kier molecular flexibility index (Phi) is 48.4. The summed E-state index contributed by atoms with van der Waals surface area (Å²) in [4.78, 5) is 46.5. The summed E-state index contributed by atoms with van der Waals surface area (Å²) in [5, 5.41) is 24.6. The fourth-order valence-electron chi connectivity index (χ4n) is 8.40. The van der Waals surface area contributed by atoms with E-state index in [4.69, 9.17) is 27.9 Å². The number of furan rings is 4. The van der Waals surface area contributed by atoms with Gasteiger partial charge in [-0.05, 0) is 96.8 Å². The Morgan fingerprint density at radius 3 is 1.26 bits per heavy atom. The van der Waals surface area contributed by atoms with Crippen molar-refractivity contribution in [1.29, 1.82) is 0 Å². The number of imidazole rings is 1. The summed E-state index contributed by atoms with van der Waals surface area (Å²) < 4.78 is 28.3. The summed E-state index contributed by atoms with van der Waals surface area (Å²) in [5.74, 6) is 6.29. The number of nitrogens with zero attached hydrogens (tertiary/aromatic N) is 15. The molecule has 6 radical (unpaired) electrons. The molecule has 0 atom stereocenters. The Morgan fingerprint density at radius 2 is 0.900 bits per heavy atom. The number of carbonyl (C=O) groups is 1. The molecule has 0 spiro atoms. The zero-order valence-corrected chi connectivity index (χ0v) is 73.4. The Labute approximate surface area is 730 Å². The molecule has 15 aromatic heterocycles. The molecule has 0 aliphatic carbocycles. The number of hydrogen-bond donors (Lipinski definition) is 2. The molecular weight excluding hydrogens is 2460 g/mol. The second kappa shape index (κ2) is 55.4. The predicted molar refractivity (Wildman–Crippen MR) is 388 cm³/mol. The minimum Gasteiger partial charge on any atom is -0.545 e. The third-order valence-electron chi connectivity index (χ3n) is 13.1. The number of rotatable bonds is 10. The Morgan fingerprint density at radius 1 is 0.464 bits per heavy atom. The molecule has 0 saturated carbocycles. The van der Waals surface area contributed by atoms with Gasteiger partial charge >= 0.3 is 25.8 Å². The number of aromatic nitrogens is 14. The van der Waals surface area contributed by atoms with E-state index >= 15 is 0 Å². The number of para-hydroxylation sites is 2. The maximum absolute atomic E-state index is 10.1. The predicted octanol–water partition coefficient (Wildman–Crippen LogP) is 16.0. The van der Waals surface area contributed by atoms with Gasteiger partial charge in [-0.3, -0.25) is 15.0 Å². The summed E-state index contributed by atoms with van der Waals surface area (Å²) in [5.41, 5.74) is 5.21. The first kappa shape index (κ1) is 96.1. The van der Waals surface area contributed by atoms with Crippen LogP contribution >= 0.6 is 0 Å². The van der Waals surface area contributed by atoms with Crippen molar-refractivity contribution in [3.63, 3.8) is 0 Å². The third kappa shape index (κ3) is 33.0.